The van der Waals surface area contributed by atoms with Crippen LogP contribution >= 0.6 is 27.7 Å². The third kappa shape index (κ3) is 4.79. The number of anilines is 1. The van der Waals surface area contributed by atoms with Crippen LogP contribution < -0.4 is 5.32 Å². The molecule has 0 atom stereocenters. The standard InChI is InChI=1S/C13H20BrNS/c1-3-11-10-12(14)6-7-13(11)15-8-4-5-9-16-2/h6-7,10,15H,3-5,8-9H2,1-2H3. The van der Waals surface area contributed by atoms with Gasteiger partial charge in [0, 0.05) is 16.7 Å². The van der Waals surface area contributed by atoms with E-state index in [4.69, 9.17) is 0 Å². The molecule has 1 aromatic carbocycles. The van der Waals surface area contributed by atoms with Gasteiger partial charge in [-0.2, -0.15) is 11.8 Å². The van der Waals surface area contributed by atoms with Crippen molar-refractivity contribution in [1.29, 1.82) is 0 Å². The summed E-state index contributed by atoms with van der Waals surface area (Å²) >= 11 is 5.43. The number of unbranched alkanes of at least 4 members (excludes halogenated alkanes) is 1. The van der Waals surface area contributed by atoms with E-state index >= 15 is 0 Å². The van der Waals surface area contributed by atoms with E-state index in [1.54, 1.807) is 0 Å². The lowest BCUT2D eigenvalue weighted by molar-refractivity contribution is 0.841. The molecule has 0 aromatic heterocycles. The first-order chi connectivity index (χ1) is 7.77. The second kappa shape index (κ2) is 8.02. The fraction of sp³-hybridized carbons (Fsp3) is 0.538. The Kier molecular flexibility index (Phi) is 6.97. The lowest BCUT2D eigenvalue weighted by Gasteiger charge is -2.11. The third-order valence-electron chi connectivity index (χ3n) is 2.54. The van der Waals surface area contributed by atoms with Crippen LogP contribution in [-0.4, -0.2) is 18.6 Å². The minimum atomic E-state index is 1.08. The molecule has 1 nitrogen and oxygen atoms in total. The molecule has 0 aliphatic rings. The van der Waals surface area contributed by atoms with E-state index in [2.05, 4.69) is 52.6 Å². The molecule has 0 aliphatic heterocycles. The summed E-state index contributed by atoms with van der Waals surface area (Å²) in [5.41, 5.74) is 2.68. The van der Waals surface area contributed by atoms with E-state index < -0.39 is 0 Å². The molecule has 0 aliphatic carbocycles. The predicted molar refractivity (Wildman–Crippen MR) is 79.6 cm³/mol. The highest BCUT2D eigenvalue weighted by Gasteiger charge is 2.00. The van der Waals surface area contributed by atoms with E-state index in [0.29, 0.717) is 0 Å². The van der Waals surface area contributed by atoms with Gasteiger partial charge in [0.1, 0.15) is 0 Å². The molecule has 0 bridgehead atoms. The number of halogens is 1. The van der Waals surface area contributed by atoms with Crippen LogP contribution in [0.15, 0.2) is 22.7 Å². The normalized spacial score (nSPS) is 10.4. The van der Waals surface area contributed by atoms with E-state index in [1.807, 2.05) is 11.8 Å². The summed E-state index contributed by atoms with van der Waals surface area (Å²) in [6.45, 7) is 3.27. The van der Waals surface area contributed by atoms with Gasteiger partial charge in [0.2, 0.25) is 0 Å². The number of nitrogens with one attached hydrogen (secondary N) is 1. The number of rotatable bonds is 7. The smallest absolute Gasteiger partial charge is 0.0373 e. The van der Waals surface area contributed by atoms with Gasteiger partial charge in [0.05, 0.1) is 0 Å². The lowest BCUT2D eigenvalue weighted by atomic mass is 10.1. The van der Waals surface area contributed by atoms with E-state index in [9.17, 15) is 0 Å². The number of hydrogen-bond acceptors (Lipinski definition) is 2. The molecule has 1 rings (SSSR count). The van der Waals surface area contributed by atoms with Gasteiger partial charge in [0.15, 0.2) is 0 Å². The molecular weight excluding hydrogens is 282 g/mol. The minimum absolute atomic E-state index is 1.08. The van der Waals surface area contributed by atoms with Crippen molar-refractivity contribution < 1.29 is 0 Å². The Balaban J connectivity index is 2.41. The van der Waals surface area contributed by atoms with Crippen molar-refractivity contribution in [3.05, 3.63) is 28.2 Å². The zero-order chi connectivity index (χ0) is 11.8. The van der Waals surface area contributed by atoms with E-state index in [1.165, 1.54) is 29.8 Å². The van der Waals surface area contributed by atoms with Crippen molar-refractivity contribution >= 4 is 33.4 Å². The molecule has 0 fully saturated rings. The molecule has 0 heterocycles. The molecule has 0 saturated carbocycles. The molecule has 0 amide bonds. The fourth-order valence-electron chi connectivity index (χ4n) is 1.62. The molecular formula is C13H20BrNS. The average molecular weight is 302 g/mol. The lowest BCUT2D eigenvalue weighted by Crippen LogP contribution is -2.04. The maximum Gasteiger partial charge on any atom is 0.0373 e. The van der Waals surface area contributed by atoms with E-state index in [-0.39, 0.29) is 0 Å². The second-order valence-electron chi connectivity index (χ2n) is 3.78. The Morgan fingerprint density at radius 2 is 2.12 bits per heavy atom. The van der Waals surface area contributed by atoms with Crippen molar-refractivity contribution in [2.24, 2.45) is 0 Å². The Morgan fingerprint density at radius 1 is 1.31 bits per heavy atom. The van der Waals surface area contributed by atoms with Crippen LogP contribution in [-0.2, 0) is 6.42 Å². The predicted octanol–water partition coefficient (Wildman–Crippen LogP) is 4.57. The van der Waals surface area contributed by atoms with Crippen molar-refractivity contribution in [2.75, 3.05) is 23.9 Å². The molecule has 0 saturated heterocycles. The number of aryl methyl sites for hydroxylation is 1. The first-order valence-electron chi connectivity index (χ1n) is 5.79. The van der Waals surface area contributed by atoms with Crippen LogP contribution in [0.3, 0.4) is 0 Å². The third-order valence-corrected chi connectivity index (χ3v) is 3.73. The van der Waals surface area contributed by atoms with Gasteiger partial charge < -0.3 is 5.32 Å². The summed E-state index contributed by atoms with van der Waals surface area (Å²) in [6.07, 6.45) is 5.79. The van der Waals surface area contributed by atoms with Gasteiger partial charge in [-0.05, 0) is 55.0 Å². The highest BCUT2D eigenvalue weighted by Crippen LogP contribution is 2.21. The van der Waals surface area contributed by atoms with Gasteiger partial charge in [-0.1, -0.05) is 22.9 Å². The topological polar surface area (TPSA) is 12.0 Å². The molecule has 0 radical (unpaired) electrons. The largest absolute Gasteiger partial charge is 0.385 e. The van der Waals surface area contributed by atoms with Crippen LogP contribution in [0.1, 0.15) is 25.3 Å². The molecule has 0 spiro atoms. The summed E-state index contributed by atoms with van der Waals surface area (Å²) < 4.78 is 1.16. The van der Waals surface area contributed by atoms with Crippen LogP contribution in [0.2, 0.25) is 0 Å². The van der Waals surface area contributed by atoms with E-state index in [0.717, 1.165) is 17.4 Å². The number of hydrogen-bond donors (Lipinski definition) is 1. The molecule has 90 valence electrons. The van der Waals surface area contributed by atoms with Gasteiger partial charge >= 0.3 is 0 Å². The molecule has 3 heteroatoms. The second-order valence-corrected chi connectivity index (χ2v) is 5.68. The number of thioether (sulfide) groups is 1. The molecule has 1 aromatic rings. The zero-order valence-corrected chi connectivity index (χ0v) is 12.5. The van der Waals surface area contributed by atoms with Gasteiger partial charge in [-0.25, -0.2) is 0 Å². The van der Waals surface area contributed by atoms with Gasteiger partial charge in [-0.15, -0.1) is 0 Å². The summed E-state index contributed by atoms with van der Waals surface area (Å²) in [4.78, 5) is 0. The number of benzene rings is 1. The average Bonchev–Trinajstić information content (AvgIpc) is 2.30. The van der Waals surface area contributed by atoms with Crippen molar-refractivity contribution in [3.63, 3.8) is 0 Å². The maximum absolute atomic E-state index is 3.52. The molecule has 1 N–H and O–H groups in total. The quantitative estimate of drug-likeness (QED) is 0.741. The molecule has 0 unspecified atom stereocenters. The summed E-state index contributed by atoms with van der Waals surface area (Å²) in [7, 11) is 0. The Morgan fingerprint density at radius 3 is 2.81 bits per heavy atom. The maximum atomic E-state index is 3.52. The van der Waals surface area contributed by atoms with Crippen molar-refractivity contribution in [2.45, 2.75) is 26.2 Å². The summed E-state index contributed by atoms with van der Waals surface area (Å²) in [5.74, 6) is 1.27. The Labute approximate surface area is 112 Å². The minimum Gasteiger partial charge on any atom is -0.385 e. The van der Waals surface area contributed by atoms with Gasteiger partial charge in [-0.3, -0.25) is 0 Å². The van der Waals surface area contributed by atoms with Gasteiger partial charge in [0.25, 0.3) is 0 Å². The first-order valence-corrected chi connectivity index (χ1v) is 7.97. The van der Waals surface area contributed by atoms with Crippen molar-refractivity contribution in [1.82, 2.24) is 0 Å². The van der Waals surface area contributed by atoms with Crippen LogP contribution in [0.25, 0.3) is 0 Å². The van der Waals surface area contributed by atoms with Crippen molar-refractivity contribution in [3.8, 4) is 0 Å². The summed E-state index contributed by atoms with van der Waals surface area (Å²) in [6, 6.07) is 6.46. The summed E-state index contributed by atoms with van der Waals surface area (Å²) in [5, 5.41) is 3.52. The monoisotopic (exact) mass is 301 g/mol. The van der Waals surface area contributed by atoms with Crippen LogP contribution in [0.4, 0.5) is 5.69 Å². The zero-order valence-electron chi connectivity index (χ0n) is 10.1. The fourth-order valence-corrected chi connectivity index (χ4v) is 2.52. The Bertz CT molecular complexity index is 315. The Hall–Kier alpha value is -0.150. The highest BCUT2D eigenvalue weighted by atomic mass is 79.9. The van der Waals surface area contributed by atoms with Crippen LogP contribution in [0.5, 0.6) is 0 Å². The SMILES string of the molecule is CCc1cc(Br)ccc1NCCCCSC. The highest BCUT2D eigenvalue weighted by molar-refractivity contribution is 9.10. The van der Waals surface area contributed by atoms with Crippen LogP contribution in [0, 0.1) is 0 Å². The first kappa shape index (κ1) is 13.9. The molecule has 16 heavy (non-hydrogen) atoms.